The molecule has 1 aromatic heterocycles. The highest BCUT2D eigenvalue weighted by atomic mass is 35.5. The van der Waals surface area contributed by atoms with E-state index >= 15 is 0 Å². The second-order valence-electron chi connectivity index (χ2n) is 3.54. The van der Waals surface area contributed by atoms with Crippen molar-refractivity contribution in [1.29, 1.82) is 0 Å². The molecule has 1 aromatic carbocycles. The second kappa shape index (κ2) is 4.10. The van der Waals surface area contributed by atoms with Crippen LogP contribution < -0.4 is 0 Å². The van der Waals surface area contributed by atoms with Gasteiger partial charge in [0.2, 0.25) is 5.76 Å². The van der Waals surface area contributed by atoms with Crippen molar-refractivity contribution < 1.29 is 9.32 Å². The standard InChI is InChI=1S/C12H10ClNO2/c1-7-11(12(8(2)15)16-14-7)9-4-3-5-10(13)6-9/h3-6H,1-2H3. The lowest BCUT2D eigenvalue weighted by atomic mass is 10.0. The van der Waals surface area contributed by atoms with Gasteiger partial charge < -0.3 is 4.52 Å². The summed E-state index contributed by atoms with van der Waals surface area (Å²) in [6.07, 6.45) is 0. The first-order valence-electron chi connectivity index (χ1n) is 4.82. The largest absolute Gasteiger partial charge is 0.352 e. The SMILES string of the molecule is CC(=O)c1onc(C)c1-c1cccc(Cl)c1. The van der Waals surface area contributed by atoms with Crippen LogP contribution in [0.2, 0.25) is 5.02 Å². The molecule has 16 heavy (non-hydrogen) atoms. The predicted octanol–water partition coefficient (Wildman–Crippen LogP) is 3.51. The lowest BCUT2D eigenvalue weighted by Crippen LogP contribution is -1.92. The minimum atomic E-state index is -0.143. The molecule has 0 bridgehead atoms. The molecule has 0 fully saturated rings. The molecule has 0 spiro atoms. The van der Waals surface area contributed by atoms with Gasteiger partial charge in [0.25, 0.3) is 0 Å². The van der Waals surface area contributed by atoms with E-state index in [1.165, 1.54) is 6.92 Å². The Hall–Kier alpha value is -1.61. The molecule has 0 unspecified atom stereocenters. The highest BCUT2D eigenvalue weighted by Crippen LogP contribution is 2.29. The van der Waals surface area contributed by atoms with Crippen LogP contribution in [-0.4, -0.2) is 10.9 Å². The van der Waals surface area contributed by atoms with E-state index in [4.69, 9.17) is 16.1 Å². The zero-order chi connectivity index (χ0) is 11.7. The van der Waals surface area contributed by atoms with Crippen molar-refractivity contribution in [3.8, 4) is 11.1 Å². The molecule has 0 saturated carbocycles. The van der Waals surface area contributed by atoms with Crippen molar-refractivity contribution >= 4 is 17.4 Å². The molecule has 82 valence electrons. The van der Waals surface area contributed by atoms with Gasteiger partial charge >= 0.3 is 0 Å². The topological polar surface area (TPSA) is 43.1 Å². The number of carbonyl (C=O) groups is 1. The van der Waals surface area contributed by atoms with E-state index in [9.17, 15) is 4.79 Å². The number of hydrogen-bond donors (Lipinski definition) is 0. The van der Waals surface area contributed by atoms with Crippen molar-refractivity contribution in [1.82, 2.24) is 5.16 Å². The van der Waals surface area contributed by atoms with Gasteiger partial charge in [0.15, 0.2) is 5.78 Å². The van der Waals surface area contributed by atoms with Crippen LogP contribution in [0, 0.1) is 6.92 Å². The number of rotatable bonds is 2. The first-order chi connectivity index (χ1) is 7.59. The van der Waals surface area contributed by atoms with Gasteiger partial charge in [-0.15, -0.1) is 0 Å². The molecule has 3 nitrogen and oxygen atoms in total. The van der Waals surface area contributed by atoms with Gasteiger partial charge in [-0.3, -0.25) is 4.79 Å². The van der Waals surface area contributed by atoms with Gasteiger partial charge in [-0.05, 0) is 24.6 Å². The minimum absolute atomic E-state index is 0.143. The molecule has 4 heteroatoms. The molecule has 0 amide bonds. The predicted molar refractivity (Wildman–Crippen MR) is 61.7 cm³/mol. The Labute approximate surface area is 98.0 Å². The molecule has 0 N–H and O–H groups in total. The Morgan fingerprint density at radius 1 is 1.44 bits per heavy atom. The highest BCUT2D eigenvalue weighted by Gasteiger charge is 2.18. The number of aryl methyl sites for hydroxylation is 1. The van der Waals surface area contributed by atoms with Gasteiger partial charge in [-0.2, -0.15) is 0 Å². The van der Waals surface area contributed by atoms with E-state index in [1.54, 1.807) is 19.1 Å². The Bertz CT molecular complexity index is 546. The van der Waals surface area contributed by atoms with E-state index in [1.807, 2.05) is 12.1 Å². The van der Waals surface area contributed by atoms with E-state index in [0.717, 1.165) is 11.1 Å². The molecular formula is C12H10ClNO2. The molecule has 0 radical (unpaired) electrons. The maximum absolute atomic E-state index is 11.4. The fourth-order valence-corrected chi connectivity index (χ4v) is 1.78. The van der Waals surface area contributed by atoms with Gasteiger partial charge in [-0.1, -0.05) is 28.9 Å². The number of hydrogen-bond acceptors (Lipinski definition) is 3. The zero-order valence-corrected chi connectivity index (χ0v) is 9.71. The van der Waals surface area contributed by atoms with Gasteiger partial charge in [0.1, 0.15) is 0 Å². The quantitative estimate of drug-likeness (QED) is 0.748. The lowest BCUT2D eigenvalue weighted by molar-refractivity contribution is 0.0979. The monoisotopic (exact) mass is 235 g/mol. The number of aromatic nitrogens is 1. The maximum Gasteiger partial charge on any atom is 0.210 e. The third-order valence-electron chi connectivity index (χ3n) is 2.30. The zero-order valence-electron chi connectivity index (χ0n) is 8.95. The molecular weight excluding hydrogens is 226 g/mol. The van der Waals surface area contributed by atoms with E-state index in [2.05, 4.69) is 5.16 Å². The first-order valence-corrected chi connectivity index (χ1v) is 5.20. The average Bonchev–Trinajstić information content (AvgIpc) is 2.60. The maximum atomic E-state index is 11.4. The summed E-state index contributed by atoms with van der Waals surface area (Å²) in [7, 11) is 0. The lowest BCUT2D eigenvalue weighted by Gasteiger charge is -2.00. The van der Waals surface area contributed by atoms with Crippen LogP contribution in [0.25, 0.3) is 11.1 Å². The summed E-state index contributed by atoms with van der Waals surface area (Å²) in [6.45, 7) is 3.25. The molecule has 1 heterocycles. The number of Topliss-reactive ketones (excluding diaryl/α,β-unsaturated/α-hetero) is 1. The fourth-order valence-electron chi connectivity index (χ4n) is 1.59. The van der Waals surface area contributed by atoms with Gasteiger partial charge in [-0.25, -0.2) is 0 Å². The summed E-state index contributed by atoms with van der Waals surface area (Å²) in [4.78, 5) is 11.4. The number of carbonyl (C=O) groups excluding carboxylic acids is 1. The second-order valence-corrected chi connectivity index (χ2v) is 3.98. The number of nitrogens with zero attached hydrogens (tertiary/aromatic N) is 1. The van der Waals surface area contributed by atoms with Gasteiger partial charge in [0.05, 0.1) is 11.3 Å². The number of benzene rings is 1. The van der Waals surface area contributed by atoms with Crippen LogP contribution in [0.3, 0.4) is 0 Å². The minimum Gasteiger partial charge on any atom is -0.352 e. The Morgan fingerprint density at radius 3 is 2.81 bits per heavy atom. The molecule has 0 atom stereocenters. The van der Waals surface area contributed by atoms with Crippen LogP contribution in [0.15, 0.2) is 28.8 Å². The summed E-state index contributed by atoms with van der Waals surface area (Å²) >= 11 is 5.91. The Kier molecular flexibility index (Phi) is 2.79. The molecule has 2 aromatic rings. The van der Waals surface area contributed by atoms with E-state index in [0.29, 0.717) is 10.7 Å². The van der Waals surface area contributed by atoms with Crippen molar-refractivity contribution in [3.05, 3.63) is 40.7 Å². The van der Waals surface area contributed by atoms with E-state index in [-0.39, 0.29) is 11.5 Å². The van der Waals surface area contributed by atoms with Crippen LogP contribution in [0.4, 0.5) is 0 Å². The van der Waals surface area contributed by atoms with Gasteiger partial charge in [0, 0.05) is 11.9 Å². The van der Waals surface area contributed by atoms with Crippen LogP contribution >= 0.6 is 11.6 Å². The molecule has 0 aliphatic rings. The molecule has 0 aliphatic heterocycles. The number of halogens is 1. The third-order valence-corrected chi connectivity index (χ3v) is 2.53. The Morgan fingerprint density at radius 2 is 2.19 bits per heavy atom. The molecule has 2 rings (SSSR count). The molecule has 0 aliphatic carbocycles. The van der Waals surface area contributed by atoms with Crippen molar-refractivity contribution in [3.63, 3.8) is 0 Å². The fraction of sp³-hybridized carbons (Fsp3) is 0.167. The smallest absolute Gasteiger partial charge is 0.210 e. The first kappa shape index (κ1) is 10.9. The summed E-state index contributed by atoms with van der Waals surface area (Å²) in [6, 6.07) is 7.26. The summed E-state index contributed by atoms with van der Waals surface area (Å²) in [5.41, 5.74) is 2.25. The van der Waals surface area contributed by atoms with Crippen LogP contribution in [0.5, 0.6) is 0 Å². The third kappa shape index (κ3) is 1.86. The van der Waals surface area contributed by atoms with Crippen LogP contribution in [-0.2, 0) is 0 Å². The summed E-state index contributed by atoms with van der Waals surface area (Å²) in [5, 5.41) is 4.42. The summed E-state index contributed by atoms with van der Waals surface area (Å²) < 4.78 is 5.01. The van der Waals surface area contributed by atoms with Crippen LogP contribution in [0.1, 0.15) is 23.2 Å². The average molecular weight is 236 g/mol. The van der Waals surface area contributed by atoms with E-state index < -0.39 is 0 Å². The van der Waals surface area contributed by atoms with Crippen molar-refractivity contribution in [2.24, 2.45) is 0 Å². The Balaban J connectivity index is 2.63. The van der Waals surface area contributed by atoms with Crippen molar-refractivity contribution in [2.75, 3.05) is 0 Å². The van der Waals surface area contributed by atoms with Crippen molar-refractivity contribution in [2.45, 2.75) is 13.8 Å². The highest BCUT2D eigenvalue weighted by molar-refractivity contribution is 6.30. The molecule has 0 saturated heterocycles. The summed E-state index contributed by atoms with van der Waals surface area (Å²) in [5.74, 6) is 0.135. The normalized spacial score (nSPS) is 10.4. The number of ketones is 1.